The van der Waals surface area contributed by atoms with Crippen LogP contribution in [0.4, 0.5) is 0 Å². The molecule has 1 amide bonds. The molecule has 2 N–H and O–H groups in total. The minimum absolute atomic E-state index is 0.288. The molecule has 0 saturated carbocycles. The van der Waals surface area contributed by atoms with E-state index in [9.17, 15) is 9.59 Å². The molecule has 3 aromatic rings. The van der Waals surface area contributed by atoms with Crippen molar-refractivity contribution >= 4 is 44.8 Å². The molecule has 30 heavy (non-hydrogen) atoms. The summed E-state index contributed by atoms with van der Waals surface area (Å²) in [5.74, 6) is -0.758. The number of halogens is 1. The summed E-state index contributed by atoms with van der Waals surface area (Å²) in [4.78, 5) is 23.3. The van der Waals surface area contributed by atoms with Gasteiger partial charge in [-0.3, -0.25) is 4.79 Å². The van der Waals surface area contributed by atoms with Crippen LogP contribution >= 0.6 is 15.9 Å². The number of fused-ring (bicyclic) bond motifs is 1. The number of hydrogen-bond acceptors (Lipinski definition) is 5. The van der Waals surface area contributed by atoms with Gasteiger partial charge in [-0.05, 0) is 57.4 Å². The summed E-state index contributed by atoms with van der Waals surface area (Å²) in [5.41, 5.74) is 3.69. The molecule has 0 heterocycles. The quantitative estimate of drug-likeness (QED) is 0.379. The van der Waals surface area contributed by atoms with Crippen molar-refractivity contribution in [1.82, 2.24) is 5.43 Å². The minimum atomic E-state index is -1.09. The van der Waals surface area contributed by atoms with E-state index in [0.717, 1.165) is 10.8 Å². The molecule has 0 fully saturated rings. The van der Waals surface area contributed by atoms with Crippen LogP contribution in [-0.4, -0.2) is 36.4 Å². The first-order valence-electron chi connectivity index (χ1n) is 9.11. The Kier molecular flexibility index (Phi) is 7.03. The number of aliphatic carboxylic acids is 1. The lowest BCUT2D eigenvalue weighted by atomic mass is 10.0. The summed E-state index contributed by atoms with van der Waals surface area (Å²) >= 11 is 3.36. The van der Waals surface area contributed by atoms with E-state index in [0.29, 0.717) is 28.0 Å². The lowest BCUT2D eigenvalue weighted by Crippen LogP contribution is -2.18. The van der Waals surface area contributed by atoms with E-state index >= 15 is 0 Å². The van der Waals surface area contributed by atoms with E-state index in [-0.39, 0.29) is 11.7 Å². The molecule has 8 heteroatoms. The largest absolute Gasteiger partial charge is 0.490 e. The highest BCUT2D eigenvalue weighted by molar-refractivity contribution is 9.10. The molecule has 0 saturated heterocycles. The van der Waals surface area contributed by atoms with Gasteiger partial charge in [-0.2, -0.15) is 5.10 Å². The summed E-state index contributed by atoms with van der Waals surface area (Å²) in [5, 5.41) is 14.7. The van der Waals surface area contributed by atoms with Gasteiger partial charge in [0.1, 0.15) is 0 Å². The Morgan fingerprint density at radius 2 is 1.90 bits per heavy atom. The van der Waals surface area contributed by atoms with Crippen LogP contribution in [0.2, 0.25) is 0 Å². The van der Waals surface area contributed by atoms with Crippen molar-refractivity contribution < 1.29 is 24.2 Å². The van der Waals surface area contributed by atoms with Gasteiger partial charge >= 0.3 is 5.97 Å². The zero-order chi connectivity index (χ0) is 21.5. The highest BCUT2D eigenvalue weighted by atomic mass is 79.9. The zero-order valence-electron chi connectivity index (χ0n) is 16.1. The van der Waals surface area contributed by atoms with Crippen LogP contribution in [0.1, 0.15) is 22.8 Å². The van der Waals surface area contributed by atoms with Crippen molar-refractivity contribution in [2.75, 3.05) is 13.2 Å². The number of nitrogens with one attached hydrogen (secondary N) is 1. The van der Waals surface area contributed by atoms with E-state index in [4.69, 9.17) is 14.6 Å². The summed E-state index contributed by atoms with van der Waals surface area (Å²) in [6.45, 7) is 1.68. The molecule has 0 aliphatic carbocycles. The molecule has 0 aliphatic heterocycles. The molecular weight excluding hydrogens is 452 g/mol. The number of rotatable bonds is 8. The fourth-order valence-corrected chi connectivity index (χ4v) is 3.42. The first kappa shape index (κ1) is 21.3. The second-order valence-corrected chi connectivity index (χ2v) is 7.03. The van der Waals surface area contributed by atoms with Crippen LogP contribution in [0, 0.1) is 0 Å². The Labute approximate surface area is 181 Å². The third-order valence-corrected chi connectivity index (χ3v) is 4.67. The second kappa shape index (κ2) is 9.89. The summed E-state index contributed by atoms with van der Waals surface area (Å²) in [7, 11) is 0. The molecule has 0 radical (unpaired) electrons. The van der Waals surface area contributed by atoms with Crippen LogP contribution < -0.4 is 14.9 Å². The topological polar surface area (TPSA) is 97.2 Å². The highest BCUT2D eigenvalue weighted by Gasteiger charge is 2.13. The van der Waals surface area contributed by atoms with Crippen molar-refractivity contribution in [2.24, 2.45) is 5.10 Å². The summed E-state index contributed by atoms with van der Waals surface area (Å²) in [6, 6.07) is 16.5. The van der Waals surface area contributed by atoms with Crippen LogP contribution in [0.15, 0.2) is 64.2 Å². The minimum Gasteiger partial charge on any atom is -0.490 e. The molecular formula is C22H19BrN2O5. The predicted molar refractivity (Wildman–Crippen MR) is 117 cm³/mol. The van der Waals surface area contributed by atoms with Crippen molar-refractivity contribution in [3.05, 3.63) is 70.2 Å². The maximum atomic E-state index is 12.6. The van der Waals surface area contributed by atoms with Gasteiger partial charge in [-0.15, -0.1) is 0 Å². The molecule has 0 aromatic heterocycles. The Morgan fingerprint density at radius 1 is 1.13 bits per heavy atom. The molecule has 0 bridgehead atoms. The maximum Gasteiger partial charge on any atom is 0.341 e. The fourth-order valence-electron chi connectivity index (χ4n) is 2.85. The number of hydrogen-bond donors (Lipinski definition) is 2. The monoisotopic (exact) mass is 470 g/mol. The average molecular weight is 471 g/mol. The lowest BCUT2D eigenvalue weighted by molar-refractivity contribution is -0.139. The number of carbonyl (C=O) groups is 2. The number of carboxylic acid groups (broad SMARTS) is 1. The van der Waals surface area contributed by atoms with Crippen molar-refractivity contribution in [3.63, 3.8) is 0 Å². The van der Waals surface area contributed by atoms with Gasteiger partial charge in [0.25, 0.3) is 5.91 Å². The zero-order valence-corrected chi connectivity index (χ0v) is 17.7. The van der Waals surface area contributed by atoms with Gasteiger partial charge in [0.2, 0.25) is 0 Å². The van der Waals surface area contributed by atoms with Crippen LogP contribution in [0.3, 0.4) is 0 Å². The predicted octanol–water partition coefficient (Wildman–Crippen LogP) is 4.23. The summed E-state index contributed by atoms with van der Waals surface area (Å²) in [6.07, 6.45) is 1.47. The molecule has 3 rings (SSSR count). The molecule has 0 atom stereocenters. The molecule has 0 unspecified atom stereocenters. The molecule has 0 spiro atoms. The Hall–Kier alpha value is -3.39. The van der Waals surface area contributed by atoms with Gasteiger partial charge in [0.05, 0.1) is 17.3 Å². The SMILES string of the molecule is CCOc1cc(/C=N/NC(=O)c2cccc3ccccc23)cc(Br)c1OCC(=O)O. The lowest BCUT2D eigenvalue weighted by Gasteiger charge is -2.13. The van der Waals surface area contributed by atoms with E-state index in [1.807, 2.05) is 36.4 Å². The molecule has 3 aromatic carbocycles. The van der Waals surface area contributed by atoms with Crippen molar-refractivity contribution in [1.29, 1.82) is 0 Å². The van der Waals surface area contributed by atoms with Gasteiger partial charge in [-0.1, -0.05) is 36.4 Å². The third kappa shape index (κ3) is 5.15. The number of benzene rings is 3. The Balaban J connectivity index is 1.78. The highest BCUT2D eigenvalue weighted by Crippen LogP contribution is 2.36. The first-order valence-corrected chi connectivity index (χ1v) is 9.91. The molecule has 0 aliphatic rings. The van der Waals surface area contributed by atoms with Gasteiger partial charge in [0.15, 0.2) is 18.1 Å². The van der Waals surface area contributed by atoms with Crippen LogP contribution in [0.25, 0.3) is 10.8 Å². The number of hydrazone groups is 1. The van der Waals surface area contributed by atoms with E-state index in [2.05, 4.69) is 26.5 Å². The summed E-state index contributed by atoms with van der Waals surface area (Å²) < 4.78 is 11.3. The molecule has 7 nitrogen and oxygen atoms in total. The van der Waals surface area contributed by atoms with Gasteiger partial charge in [-0.25, -0.2) is 10.2 Å². The third-order valence-electron chi connectivity index (χ3n) is 4.09. The van der Waals surface area contributed by atoms with Gasteiger partial charge < -0.3 is 14.6 Å². The first-order chi connectivity index (χ1) is 14.5. The van der Waals surface area contributed by atoms with E-state index < -0.39 is 12.6 Å². The van der Waals surface area contributed by atoms with Crippen molar-refractivity contribution in [2.45, 2.75) is 6.92 Å². The van der Waals surface area contributed by atoms with E-state index in [1.165, 1.54) is 6.21 Å². The number of amides is 1. The maximum absolute atomic E-state index is 12.6. The number of carboxylic acids is 1. The second-order valence-electron chi connectivity index (χ2n) is 6.17. The van der Waals surface area contributed by atoms with Crippen molar-refractivity contribution in [3.8, 4) is 11.5 Å². The standard InChI is InChI=1S/C22H19BrN2O5/c1-2-29-19-11-14(10-18(23)21(19)30-13-20(26)27)12-24-25-22(28)17-9-5-7-15-6-3-4-8-16(15)17/h3-12H,2,13H2,1H3,(H,25,28)(H,26,27)/b24-12+. The van der Waals surface area contributed by atoms with Crippen LogP contribution in [-0.2, 0) is 4.79 Å². The number of carbonyl (C=O) groups excluding carboxylic acids is 1. The number of ether oxygens (including phenoxy) is 2. The Morgan fingerprint density at radius 3 is 2.67 bits per heavy atom. The smallest absolute Gasteiger partial charge is 0.341 e. The normalized spacial score (nSPS) is 10.9. The average Bonchev–Trinajstić information content (AvgIpc) is 2.72. The fraction of sp³-hybridized carbons (Fsp3) is 0.136. The van der Waals surface area contributed by atoms with Gasteiger partial charge in [0, 0.05) is 5.56 Å². The Bertz CT molecular complexity index is 1110. The number of nitrogens with zero attached hydrogens (tertiary/aromatic N) is 1. The van der Waals surface area contributed by atoms with Crippen LogP contribution in [0.5, 0.6) is 11.5 Å². The molecule has 154 valence electrons. The van der Waals surface area contributed by atoms with E-state index in [1.54, 1.807) is 25.1 Å².